The van der Waals surface area contributed by atoms with Crippen molar-refractivity contribution in [3.8, 4) is 0 Å². The van der Waals surface area contributed by atoms with Crippen LogP contribution in [0.3, 0.4) is 0 Å². The minimum atomic E-state index is 0.0196. The smallest absolute Gasteiger partial charge is 0.158 e. The molecular formula is C12H20O4. The molecule has 2 fully saturated rings. The Kier molecular flexibility index (Phi) is 5.28. The van der Waals surface area contributed by atoms with E-state index in [1.807, 2.05) is 0 Å². The lowest BCUT2D eigenvalue weighted by Crippen LogP contribution is -2.06. The van der Waals surface area contributed by atoms with Gasteiger partial charge in [0.2, 0.25) is 0 Å². The van der Waals surface area contributed by atoms with Gasteiger partial charge >= 0.3 is 0 Å². The van der Waals surface area contributed by atoms with Crippen molar-refractivity contribution >= 4 is 0 Å². The average Bonchev–Trinajstić information content (AvgIpc) is 2.96. The standard InChI is InChI=1S/C12H20O4/c1(3-5-11-13-7-8-14-11)2-4-6-12-15-9-10-16-12/h1-2,11-12H,3-10H2/b2-1+. The van der Waals surface area contributed by atoms with Gasteiger partial charge in [0.05, 0.1) is 26.4 Å². The summed E-state index contributed by atoms with van der Waals surface area (Å²) in [4.78, 5) is 0. The fourth-order valence-electron chi connectivity index (χ4n) is 1.85. The fourth-order valence-corrected chi connectivity index (χ4v) is 1.85. The highest BCUT2D eigenvalue weighted by molar-refractivity contribution is 4.82. The van der Waals surface area contributed by atoms with Crippen molar-refractivity contribution in [2.24, 2.45) is 0 Å². The van der Waals surface area contributed by atoms with E-state index in [1.165, 1.54) is 0 Å². The number of allylic oxidation sites excluding steroid dienone is 2. The molecule has 2 saturated heterocycles. The highest BCUT2D eigenvalue weighted by atomic mass is 16.7. The van der Waals surface area contributed by atoms with Crippen LogP contribution in [-0.2, 0) is 18.9 Å². The van der Waals surface area contributed by atoms with Gasteiger partial charge in [0.1, 0.15) is 0 Å². The van der Waals surface area contributed by atoms with Crippen molar-refractivity contribution in [2.75, 3.05) is 26.4 Å². The molecule has 0 unspecified atom stereocenters. The van der Waals surface area contributed by atoms with Crippen LogP contribution in [0.15, 0.2) is 12.2 Å². The molecule has 0 aromatic heterocycles. The second-order valence-electron chi connectivity index (χ2n) is 3.97. The first-order chi connectivity index (χ1) is 7.95. The molecule has 2 aliphatic rings. The minimum Gasteiger partial charge on any atom is -0.350 e. The fraction of sp³-hybridized carbons (Fsp3) is 0.833. The van der Waals surface area contributed by atoms with Crippen LogP contribution in [0.2, 0.25) is 0 Å². The van der Waals surface area contributed by atoms with Gasteiger partial charge in [-0.2, -0.15) is 0 Å². The Morgan fingerprint density at radius 1 is 0.688 bits per heavy atom. The second kappa shape index (κ2) is 7.01. The molecule has 2 heterocycles. The minimum absolute atomic E-state index is 0.0196. The van der Waals surface area contributed by atoms with Crippen molar-refractivity contribution in [1.29, 1.82) is 0 Å². The summed E-state index contributed by atoms with van der Waals surface area (Å²) in [6.07, 6.45) is 8.32. The Labute approximate surface area is 96.5 Å². The first kappa shape index (κ1) is 12.0. The summed E-state index contributed by atoms with van der Waals surface area (Å²) in [5.74, 6) is 0. The largest absolute Gasteiger partial charge is 0.350 e. The number of hydrogen-bond donors (Lipinski definition) is 0. The Morgan fingerprint density at radius 2 is 1.06 bits per heavy atom. The zero-order valence-electron chi connectivity index (χ0n) is 9.60. The van der Waals surface area contributed by atoms with Gasteiger partial charge in [-0.1, -0.05) is 12.2 Å². The topological polar surface area (TPSA) is 36.9 Å². The molecule has 0 saturated carbocycles. The van der Waals surface area contributed by atoms with Crippen LogP contribution in [0.5, 0.6) is 0 Å². The van der Waals surface area contributed by atoms with E-state index in [1.54, 1.807) is 0 Å². The van der Waals surface area contributed by atoms with Crippen LogP contribution >= 0.6 is 0 Å². The van der Waals surface area contributed by atoms with Crippen molar-refractivity contribution in [3.63, 3.8) is 0 Å². The van der Waals surface area contributed by atoms with Gasteiger partial charge in [-0.05, 0) is 12.8 Å². The molecular weight excluding hydrogens is 208 g/mol. The molecule has 0 radical (unpaired) electrons. The van der Waals surface area contributed by atoms with Crippen molar-refractivity contribution in [1.82, 2.24) is 0 Å². The van der Waals surface area contributed by atoms with Gasteiger partial charge in [-0.25, -0.2) is 0 Å². The van der Waals surface area contributed by atoms with Gasteiger partial charge in [-0.15, -0.1) is 0 Å². The van der Waals surface area contributed by atoms with E-state index in [4.69, 9.17) is 18.9 Å². The maximum Gasteiger partial charge on any atom is 0.158 e. The SMILES string of the molecule is C(=C\CCC1OCCO1)/CCC1OCCO1. The van der Waals surface area contributed by atoms with Crippen LogP contribution in [-0.4, -0.2) is 39.0 Å². The van der Waals surface area contributed by atoms with E-state index in [0.29, 0.717) is 0 Å². The zero-order valence-corrected chi connectivity index (χ0v) is 9.60. The van der Waals surface area contributed by atoms with E-state index in [9.17, 15) is 0 Å². The van der Waals surface area contributed by atoms with Crippen LogP contribution in [0, 0.1) is 0 Å². The Balaban J connectivity index is 1.45. The third-order valence-corrected chi connectivity index (χ3v) is 2.69. The van der Waals surface area contributed by atoms with Crippen molar-refractivity contribution < 1.29 is 18.9 Å². The normalized spacial score (nSPS) is 23.8. The molecule has 0 aromatic rings. The Hall–Kier alpha value is -0.420. The second-order valence-corrected chi connectivity index (χ2v) is 3.97. The lowest BCUT2D eigenvalue weighted by molar-refractivity contribution is -0.0466. The average molecular weight is 228 g/mol. The van der Waals surface area contributed by atoms with Gasteiger partial charge in [0.15, 0.2) is 12.6 Å². The summed E-state index contributed by atoms with van der Waals surface area (Å²) in [5.41, 5.74) is 0. The van der Waals surface area contributed by atoms with Gasteiger partial charge in [0.25, 0.3) is 0 Å². The van der Waals surface area contributed by atoms with E-state index in [2.05, 4.69) is 12.2 Å². The van der Waals surface area contributed by atoms with Crippen LogP contribution in [0.1, 0.15) is 25.7 Å². The predicted molar refractivity (Wildman–Crippen MR) is 59.0 cm³/mol. The van der Waals surface area contributed by atoms with E-state index >= 15 is 0 Å². The van der Waals surface area contributed by atoms with Crippen molar-refractivity contribution in [2.45, 2.75) is 38.3 Å². The summed E-state index contributed by atoms with van der Waals surface area (Å²) < 4.78 is 21.4. The summed E-state index contributed by atoms with van der Waals surface area (Å²) >= 11 is 0. The molecule has 0 amide bonds. The first-order valence-corrected chi connectivity index (χ1v) is 6.06. The molecule has 2 rings (SSSR count). The van der Waals surface area contributed by atoms with E-state index in [-0.39, 0.29) is 12.6 Å². The van der Waals surface area contributed by atoms with Gasteiger partial charge in [-0.3, -0.25) is 0 Å². The maximum absolute atomic E-state index is 5.34. The highest BCUT2D eigenvalue weighted by Gasteiger charge is 2.15. The van der Waals surface area contributed by atoms with E-state index in [0.717, 1.165) is 52.1 Å². The summed E-state index contributed by atoms with van der Waals surface area (Å²) in [6, 6.07) is 0. The number of hydrogen-bond acceptors (Lipinski definition) is 4. The molecule has 0 spiro atoms. The summed E-state index contributed by atoms with van der Waals surface area (Å²) in [6.45, 7) is 2.96. The molecule has 2 aliphatic heterocycles. The summed E-state index contributed by atoms with van der Waals surface area (Å²) in [5, 5.41) is 0. The first-order valence-electron chi connectivity index (χ1n) is 6.06. The molecule has 16 heavy (non-hydrogen) atoms. The van der Waals surface area contributed by atoms with Gasteiger partial charge in [0, 0.05) is 12.8 Å². The van der Waals surface area contributed by atoms with Crippen molar-refractivity contribution in [3.05, 3.63) is 12.2 Å². The molecule has 4 nitrogen and oxygen atoms in total. The Bertz CT molecular complexity index is 183. The monoisotopic (exact) mass is 228 g/mol. The number of rotatable bonds is 6. The third-order valence-electron chi connectivity index (χ3n) is 2.69. The van der Waals surface area contributed by atoms with Crippen LogP contribution in [0.4, 0.5) is 0 Å². The molecule has 0 atom stereocenters. The van der Waals surface area contributed by atoms with Crippen LogP contribution in [0.25, 0.3) is 0 Å². The molecule has 0 aliphatic carbocycles. The number of ether oxygens (including phenoxy) is 4. The van der Waals surface area contributed by atoms with E-state index < -0.39 is 0 Å². The predicted octanol–water partition coefficient (Wildman–Crippen LogP) is 1.85. The molecule has 4 heteroatoms. The highest BCUT2D eigenvalue weighted by Crippen LogP contribution is 2.12. The molecule has 92 valence electrons. The third kappa shape index (κ3) is 4.22. The zero-order chi connectivity index (χ0) is 11.1. The molecule has 0 aromatic carbocycles. The van der Waals surface area contributed by atoms with Gasteiger partial charge < -0.3 is 18.9 Å². The molecule has 0 bridgehead atoms. The quantitative estimate of drug-likeness (QED) is 0.650. The molecule has 0 N–H and O–H groups in total. The lowest BCUT2D eigenvalue weighted by Gasteiger charge is -2.06. The summed E-state index contributed by atoms with van der Waals surface area (Å²) in [7, 11) is 0. The Morgan fingerprint density at radius 3 is 1.44 bits per heavy atom. The lowest BCUT2D eigenvalue weighted by atomic mass is 10.2. The maximum atomic E-state index is 5.34. The van der Waals surface area contributed by atoms with Crippen LogP contribution < -0.4 is 0 Å².